The molecule has 4 rings (SSSR count). The van der Waals surface area contributed by atoms with E-state index in [1.54, 1.807) is 36.4 Å². The molecule has 1 aliphatic heterocycles. The zero-order valence-electron chi connectivity index (χ0n) is 18.6. The van der Waals surface area contributed by atoms with Gasteiger partial charge in [0.05, 0.1) is 17.1 Å². The van der Waals surface area contributed by atoms with Gasteiger partial charge in [-0.1, -0.05) is 55.3 Å². The number of carbonyl (C=O) groups is 1. The average molecular weight is 485 g/mol. The summed E-state index contributed by atoms with van der Waals surface area (Å²) < 4.78 is 34.1. The van der Waals surface area contributed by atoms with E-state index in [1.807, 2.05) is 31.2 Å². The molecule has 0 saturated heterocycles. The van der Waals surface area contributed by atoms with Crippen LogP contribution in [0.4, 0.5) is 11.4 Å². The van der Waals surface area contributed by atoms with E-state index in [0.29, 0.717) is 22.3 Å². The van der Waals surface area contributed by atoms with Crippen LogP contribution in [0.1, 0.15) is 30.9 Å². The number of fused-ring (bicyclic) bond motifs is 1. The lowest BCUT2D eigenvalue weighted by molar-refractivity contribution is -0.122. The molecule has 3 aromatic carbocycles. The van der Waals surface area contributed by atoms with Gasteiger partial charge < -0.3 is 10.1 Å². The van der Waals surface area contributed by atoms with Crippen molar-refractivity contribution < 1.29 is 17.9 Å². The highest BCUT2D eigenvalue weighted by molar-refractivity contribution is 7.92. The smallest absolute Gasteiger partial charge is 0.267 e. The fraction of sp³-hybridized carbons (Fsp3) is 0.240. The van der Waals surface area contributed by atoms with Crippen molar-refractivity contribution in [2.24, 2.45) is 0 Å². The monoisotopic (exact) mass is 484 g/mol. The van der Waals surface area contributed by atoms with Crippen molar-refractivity contribution >= 4 is 38.9 Å². The maximum Gasteiger partial charge on any atom is 0.267 e. The van der Waals surface area contributed by atoms with Gasteiger partial charge in [0.1, 0.15) is 5.75 Å². The van der Waals surface area contributed by atoms with E-state index in [0.717, 1.165) is 11.1 Å². The first-order valence-electron chi connectivity index (χ1n) is 10.6. The van der Waals surface area contributed by atoms with Gasteiger partial charge in [0, 0.05) is 10.7 Å². The minimum absolute atomic E-state index is 0.129. The highest BCUT2D eigenvalue weighted by Gasteiger charge is 2.37. The molecule has 33 heavy (non-hydrogen) atoms. The Morgan fingerprint density at radius 2 is 1.73 bits per heavy atom. The highest BCUT2D eigenvalue weighted by Crippen LogP contribution is 2.39. The van der Waals surface area contributed by atoms with Crippen LogP contribution < -0.4 is 14.4 Å². The van der Waals surface area contributed by atoms with Gasteiger partial charge in [-0.2, -0.15) is 0 Å². The minimum atomic E-state index is -3.95. The highest BCUT2D eigenvalue weighted by atomic mass is 35.5. The second-order valence-corrected chi connectivity index (χ2v) is 10.6. The number of hydrogen-bond acceptors (Lipinski definition) is 4. The number of aryl methyl sites for hydroxylation is 1. The SMILES string of the molecule is Cc1ccc(S(=O)(=O)N2CC(C(=O)Nc3ccc(C(C)C)cc3)Oc3ccc(Cl)cc32)cc1. The van der Waals surface area contributed by atoms with E-state index < -0.39 is 22.0 Å². The fourth-order valence-electron chi connectivity index (χ4n) is 3.60. The fourth-order valence-corrected chi connectivity index (χ4v) is 5.23. The second-order valence-electron chi connectivity index (χ2n) is 8.33. The maximum absolute atomic E-state index is 13.5. The predicted octanol–water partition coefficient (Wildman–Crippen LogP) is 5.37. The normalized spacial score (nSPS) is 15.7. The summed E-state index contributed by atoms with van der Waals surface area (Å²) in [6, 6.07) is 18.8. The molecule has 1 amide bonds. The van der Waals surface area contributed by atoms with Gasteiger partial charge in [0.25, 0.3) is 15.9 Å². The van der Waals surface area contributed by atoms with E-state index in [9.17, 15) is 13.2 Å². The summed E-state index contributed by atoms with van der Waals surface area (Å²) in [6.45, 7) is 5.89. The van der Waals surface area contributed by atoms with Crippen LogP contribution in [-0.2, 0) is 14.8 Å². The van der Waals surface area contributed by atoms with E-state index >= 15 is 0 Å². The van der Waals surface area contributed by atoms with Crippen molar-refractivity contribution in [3.63, 3.8) is 0 Å². The van der Waals surface area contributed by atoms with Gasteiger partial charge in [-0.05, 0) is 60.9 Å². The molecule has 1 N–H and O–H groups in total. The molecule has 0 aromatic heterocycles. The Morgan fingerprint density at radius 3 is 2.36 bits per heavy atom. The maximum atomic E-state index is 13.5. The molecule has 0 saturated carbocycles. The first kappa shape index (κ1) is 23.1. The molecule has 1 atom stereocenters. The molecule has 6 nitrogen and oxygen atoms in total. The van der Waals surface area contributed by atoms with Gasteiger partial charge in [0.15, 0.2) is 6.10 Å². The number of ether oxygens (including phenoxy) is 1. The zero-order valence-corrected chi connectivity index (χ0v) is 20.2. The quantitative estimate of drug-likeness (QED) is 0.528. The lowest BCUT2D eigenvalue weighted by Crippen LogP contribution is -2.48. The first-order chi connectivity index (χ1) is 15.6. The summed E-state index contributed by atoms with van der Waals surface area (Å²) in [5, 5.41) is 3.20. The summed E-state index contributed by atoms with van der Waals surface area (Å²) in [6.07, 6.45) is -1.04. The van der Waals surface area contributed by atoms with Crippen LogP contribution in [0.2, 0.25) is 5.02 Å². The van der Waals surface area contributed by atoms with Crippen molar-refractivity contribution in [3.05, 3.63) is 82.9 Å². The summed E-state index contributed by atoms with van der Waals surface area (Å²) >= 11 is 6.14. The van der Waals surface area contributed by atoms with Crippen molar-refractivity contribution in [2.45, 2.75) is 37.7 Å². The van der Waals surface area contributed by atoms with Gasteiger partial charge in [-0.25, -0.2) is 8.42 Å². The molecule has 1 unspecified atom stereocenters. The Hall–Kier alpha value is -3.03. The number of hydrogen-bond donors (Lipinski definition) is 1. The average Bonchev–Trinajstić information content (AvgIpc) is 2.79. The predicted molar refractivity (Wildman–Crippen MR) is 131 cm³/mol. The third-order valence-electron chi connectivity index (χ3n) is 5.54. The van der Waals surface area contributed by atoms with Crippen molar-refractivity contribution in [2.75, 3.05) is 16.2 Å². The van der Waals surface area contributed by atoms with Crippen LogP contribution in [0.25, 0.3) is 0 Å². The van der Waals surface area contributed by atoms with Crippen LogP contribution in [0.15, 0.2) is 71.6 Å². The lowest BCUT2D eigenvalue weighted by atomic mass is 10.0. The number of anilines is 2. The Kier molecular flexibility index (Phi) is 6.36. The number of rotatable bonds is 5. The summed E-state index contributed by atoms with van der Waals surface area (Å²) in [5.41, 5.74) is 3.01. The largest absolute Gasteiger partial charge is 0.476 e. The van der Waals surface area contributed by atoms with Gasteiger partial charge in [-0.15, -0.1) is 0 Å². The Balaban J connectivity index is 1.64. The van der Waals surface area contributed by atoms with E-state index in [2.05, 4.69) is 19.2 Å². The molecule has 1 aliphatic rings. The van der Waals surface area contributed by atoms with E-state index in [1.165, 1.54) is 10.4 Å². The third-order valence-corrected chi connectivity index (χ3v) is 7.57. The van der Waals surface area contributed by atoms with E-state index in [-0.39, 0.29) is 17.2 Å². The summed E-state index contributed by atoms with van der Waals surface area (Å²) in [7, 11) is -3.95. The number of sulfonamides is 1. The molecular weight excluding hydrogens is 460 g/mol. The Bertz CT molecular complexity index is 1270. The summed E-state index contributed by atoms with van der Waals surface area (Å²) in [4.78, 5) is 13.2. The molecule has 172 valence electrons. The lowest BCUT2D eigenvalue weighted by Gasteiger charge is -2.35. The Morgan fingerprint density at radius 1 is 1.06 bits per heavy atom. The standard InChI is InChI=1S/C25H25ClN2O4S/c1-16(2)18-6-9-20(10-7-18)27-25(29)24-15-28(22-14-19(26)8-13-23(22)32-24)33(30,31)21-11-4-17(3)5-12-21/h4-14,16,24H,15H2,1-3H3,(H,27,29). The minimum Gasteiger partial charge on any atom is -0.476 e. The molecule has 0 bridgehead atoms. The number of benzene rings is 3. The second kappa shape index (κ2) is 9.08. The van der Waals surface area contributed by atoms with Crippen LogP contribution in [-0.4, -0.2) is 27.0 Å². The molecule has 3 aromatic rings. The van der Waals surface area contributed by atoms with Gasteiger partial charge in [0.2, 0.25) is 0 Å². The van der Waals surface area contributed by atoms with Crippen molar-refractivity contribution in [1.82, 2.24) is 0 Å². The van der Waals surface area contributed by atoms with Crippen LogP contribution >= 0.6 is 11.6 Å². The molecule has 8 heteroatoms. The first-order valence-corrected chi connectivity index (χ1v) is 12.4. The van der Waals surface area contributed by atoms with Gasteiger partial charge in [-0.3, -0.25) is 9.10 Å². The molecule has 0 radical (unpaired) electrons. The summed E-state index contributed by atoms with van der Waals surface area (Å²) in [5.74, 6) is 0.217. The van der Waals surface area contributed by atoms with Crippen molar-refractivity contribution in [1.29, 1.82) is 0 Å². The zero-order chi connectivity index (χ0) is 23.8. The Labute approximate surface area is 199 Å². The number of nitrogens with zero attached hydrogens (tertiary/aromatic N) is 1. The molecule has 1 heterocycles. The van der Waals surface area contributed by atoms with Crippen LogP contribution in [0.5, 0.6) is 5.75 Å². The molecule has 0 fully saturated rings. The third kappa shape index (κ3) is 4.84. The van der Waals surface area contributed by atoms with Crippen molar-refractivity contribution in [3.8, 4) is 5.75 Å². The van der Waals surface area contributed by atoms with E-state index in [4.69, 9.17) is 16.3 Å². The van der Waals surface area contributed by atoms with Crippen LogP contribution in [0, 0.1) is 6.92 Å². The number of amides is 1. The van der Waals surface area contributed by atoms with Crippen LogP contribution in [0.3, 0.4) is 0 Å². The molecule has 0 spiro atoms. The number of nitrogens with one attached hydrogen (secondary N) is 1. The molecule has 0 aliphatic carbocycles. The number of halogens is 1. The molecular formula is C25H25ClN2O4S. The number of carbonyl (C=O) groups excluding carboxylic acids is 1. The van der Waals surface area contributed by atoms with Gasteiger partial charge >= 0.3 is 0 Å². The topological polar surface area (TPSA) is 75.7 Å².